The highest BCUT2D eigenvalue weighted by molar-refractivity contribution is 5.48. The minimum atomic E-state index is -4.43. The number of nitrogens with zero attached hydrogens (tertiary/aromatic N) is 6. The van der Waals surface area contributed by atoms with E-state index >= 15 is 0 Å². The molecule has 2 aromatic rings. The molecule has 1 aliphatic heterocycles. The number of alkyl halides is 3. The Hall–Kier alpha value is -2.19. The topological polar surface area (TPSA) is 59.7 Å². The van der Waals surface area contributed by atoms with Gasteiger partial charge in [0.15, 0.2) is 5.82 Å². The maximum Gasteiger partial charge on any atom is 0.420 e. The summed E-state index contributed by atoms with van der Waals surface area (Å²) >= 11 is 0. The van der Waals surface area contributed by atoms with Crippen molar-refractivity contribution in [1.82, 2.24) is 25.0 Å². The molecular weight excluding hydrogens is 321 g/mol. The van der Waals surface area contributed by atoms with Crippen LogP contribution in [0.5, 0.6) is 0 Å². The molecule has 1 saturated heterocycles. The Morgan fingerprint density at radius 1 is 1.17 bits per heavy atom. The lowest BCUT2D eigenvalue weighted by molar-refractivity contribution is -0.137. The van der Waals surface area contributed by atoms with E-state index in [1.54, 1.807) is 11.2 Å². The Morgan fingerprint density at radius 3 is 2.46 bits per heavy atom. The fraction of sp³-hybridized carbons (Fsp3) is 0.600. The van der Waals surface area contributed by atoms with Gasteiger partial charge < -0.3 is 9.47 Å². The minimum Gasteiger partial charge on any atom is -0.355 e. The predicted octanol–water partition coefficient (Wildman–Crippen LogP) is 2.39. The zero-order valence-electron chi connectivity index (χ0n) is 13.6. The number of aromatic nitrogens is 5. The monoisotopic (exact) mass is 340 g/mol. The van der Waals surface area contributed by atoms with Crippen molar-refractivity contribution in [2.45, 2.75) is 32.4 Å². The van der Waals surface area contributed by atoms with E-state index in [-0.39, 0.29) is 11.5 Å². The van der Waals surface area contributed by atoms with E-state index in [4.69, 9.17) is 0 Å². The molecule has 2 aromatic heterocycles. The molecule has 0 aromatic carbocycles. The summed E-state index contributed by atoms with van der Waals surface area (Å²) in [6, 6.07) is 1.06. The maximum atomic E-state index is 13.2. The summed E-state index contributed by atoms with van der Waals surface area (Å²) in [4.78, 5) is 1.68. The van der Waals surface area contributed by atoms with E-state index in [1.165, 1.54) is 6.92 Å². The first-order valence-corrected chi connectivity index (χ1v) is 7.84. The van der Waals surface area contributed by atoms with Crippen LogP contribution >= 0.6 is 0 Å². The molecule has 9 heteroatoms. The lowest BCUT2D eigenvalue weighted by Gasteiger charge is -2.33. The molecule has 6 nitrogen and oxygen atoms in total. The number of piperidine rings is 1. The molecule has 24 heavy (non-hydrogen) atoms. The van der Waals surface area contributed by atoms with Crippen molar-refractivity contribution in [3.8, 4) is 0 Å². The quantitative estimate of drug-likeness (QED) is 0.859. The van der Waals surface area contributed by atoms with E-state index < -0.39 is 11.7 Å². The minimum absolute atomic E-state index is 0.0646. The first-order valence-electron chi connectivity index (χ1n) is 7.84. The van der Waals surface area contributed by atoms with Gasteiger partial charge in [0.2, 0.25) is 0 Å². The van der Waals surface area contributed by atoms with Crippen LogP contribution in [0, 0.1) is 12.8 Å². The van der Waals surface area contributed by atoms with Crippen molar-refractivity contribution in [2.24, 2.45) is 13.0 Å². The van der Waals surface area contributed by atoms with E-state index in [0.29, 0.717) is 19.0 Å². The molecular formula is C15H19F3N6. The van der Waals surface area contributed by atoms with Gasteiger partial charge in [-0.15, -0.1) is 15.3 Å². The molecule has 3 heterocycles. The molecule has 1 fully saturated rings. The first-order chi connectivity index (χ1) is 11.3. The van der Waals surface area contributed by atoms with Crippen molar-refractivity contribution in [2.75, 3.05) is 18.0 Å². The summed E-state index contributed by atoms with van der Waals surface area (Å²) in [7, 11) is 1.89. The van der Waals surface area contributed by atoms with Crippen LogP contribution in [0.4, 0.5) is 19.0 Å². The second-order valence-corrected chi connectivity index (χ2v) is 6.21. The predicted molar refractivity (Wildman–Crippen MR) is 81.4 cm³/mol. The van der Waals surface area contributed by atoms with Gasteiger partial charge in [-0.3, -0.25) is 0 Å². The molecule has 0 N–H and O–H groups in total. The molecule has 0 amide bonds. The first kappa shape index (κ1) is 16.7. The number of anilines is 1. The highest BCUT2D eigenvalue weighted by Gasteiger charge is 2.37. The van der Waals surface area contributed by atoms with Gasteiger partial charge in [-0.1, -0.05) is 0 Å². The molecule has 0 radical (unpaired) electrons. The average Bonchev–Trinajstić information content (AvgIpc) is 2.92. The number of hydrogen-bond donors (Lipinski definition) is 0. The Balaban J connectivity index is 1.70. The highest BCUT2D eigenvalue weighted by Crippen LogP contribution is 2.36. The van der Waals surface area contributed by atoms with Gasteiger partial charge in [0, 0.05) is 26.6 Å². The molecule has 0 unspecified atom stereocenters. The zero-order chi connectivity index (χ0) is 17.3. The van der Waals surface area contributed by atoms with Gasteiger partial charge in [-0.25, -0.2) is 0 Å². The lowest BCUT2D eigenvalue weighted by Crippen LogP contribution is -2.36. The summed E-state index contributed by atoms with van der Waals surface area (Å²) in [5.74, 6) is 1.22. The molecule has 3 rings (SSSR count). The van der Waals surface area contributed by atoms with Crippen LogP contribution in [0.2, 0.25) is 0 Å². The van der Waals surface area contributed by atoms with E-state index in [0.717, 1.165) is 31.2 Å². The molecule has 0 spiro atoms. The SMILES string of the molecule is Cc1cc(C(F)(F)F)c(N2CCC(Cc3nncn3C)CC2)nn1. The fourth-order valence-corrected chi connectivity index (χ4v) is 3.02. The van der Waals surface area contributed by atoms with Gasteiger partial charge in [-0.2, -0.15) is 18.3 Å². The summed E-state index contributed by atoms with van der Waals surface area (Å²) in [6.45, 7) is 2.58. The fourth-order valence-electron chi connectivity index (χ4n) is 3.02. The molecule has 0 saturated carbocycles. The van der Waals surface area contributed by atoms with Crippen molar-refractivity contribution in [1.29, 1.82) is 0 Å². The molecule has 0 bridgehead atoms. The molecule has 0 aliphatic carbocycles. The zero-order valence-corrected chi connectivity index (χ0v) is 13.6. The summed E-state index contributed by atoms with van der Waals surface area (Å²) in [5.41, 5.74) is -0.440. The van der Waals surface area contributed by atoms with E-state index in [9.17, 15) is 13.2 Å². The van der Waals surface area contributed by atoms with E-state index in [1.807, 2.05) is 11.6 Å². The second-order valence-electron chi connectivity index (χ2n) is 6.21. The summed E-state index contributed by atoms with van der Waals surface area (Å²) < 4.78 is 41.6. The van der Waals surface area contributed by atoms with Crippen molar-refractivity contribution < 1.29 is 13.2 Å². The van der Waals surface area contributed by atoms with Crippen LogP contribution in [-0.2, 0) is 19.6 Å². The van der Waals surface area contributed by atoms with Crippen molar-refractivity contribution >= 4 is 5.82 Å². The van der Waals surface area contributed by atoms with Crippen molar-refractivity contribution in [3.63, 3.8) is 0 Å². The number of aryl methyl sites for hydroxylation is 2. The third kappa shape index (κ3) is 3.49. The Bertz CT molecular complexity index is 703. The van der Waals surface area contributed by atoms with Gasteiger partial charge in [0.25, 0.3) is 0 Å². The van der Waals surface area contributed by atoms with Crippen LogP contribution < -0.4 is 4.90 Å². The van der Waals surface area contributed by atoms with Gasteiger partial charge in [0.05, 0.1) is 5.69 Å². The maximum absolute atomic E-state index is 13.2. The third-order valence-corrected chi connectivity index (χ3v) is 4.39. The smallest absolute Gasteiger partial charge is 0.355 e. The van der Waals surface area contributed by atoms with Gasteiger partial charge in [-0.05, 0) is 31.7 Å². The van der Waals surface area contributed by atoms with Crippen LogP contribution in [0.25, 0.3) is 0 Å². The average molecular weight is 340 g/mol. The van der Waals surface area contributed by atoms with Crippen LogP contribution in [0.3, 0.4) is 0 Å². The standard InChI is InChI=1S/C15H19F3N6/c1-10-7-12(15(16,17)18)14(22-20-10)24-5-3-11(4-6-24)8-13-21-19-9-23(13)2/h7,9,11H,3-6,8H2,1-2H3. The summed E-state index contributed by atoms with van der Waals surface area (Å²) in [6.07, 6.45) is -0.400. The summed E-state index contributed by atoms with van der Waals surface area (Å²) in [5, 5.41) is 15.5. The van der Waals surface area contributed by atoms with Gasteiger partial charge in [0.1, 0.15) is 17.7 Å². The van der Waals surface area contributed by atoms with Crippen molar-refractivity contribution in [3.05, 3.63) is 29.5 Å². The largest absolute Gasteiger partial charge is 0.420 e. The highest BCUT2D eigenvalue weighted by atomic mass is 19.4. The van der Waals surface area contributed by atoms with Crippen LogP contribution in [-0.4, -0.2) is 38.1 Å². The van der Waals surface area contributed by atoms with E-state index in [2.05, 4.69) is 20.4 Å². The van der Waals surface area contributed by atoms with Crippen LogP contribution in [0.15, 0.2) is 12.4 Å². The normalized spacial score (nSPS) is 16.6. The Kier molecular flexibility index (Phi) is 4.42. The lowest BCUT2D eigenvalue weighted by atomic mass is 9.93. The Morgan fingerprint density at radius 2 is 1.88 bits per heavy atom. The Labute approximate surface area is 137 Å². The van der Waals surface area contributed by atoms with Gasteiger partial charge >= 0.3 is 6.18 Å². The molecule has 130 valence electrons. The number of hydrogen-bond acceptors (Lipinski definition) is 5. The second kappa shape index (κ2) is 6.37. The van der Waals surface area contributed by atoms with Crippen LogP contribution in [0.1, 0.15) is 29.9 Å². The molecule has 0 atom stereocenters. The third-order valence-electron chi connectivity index (χ3n) is 4.39. The number of rotatable bonds is 3. The number of halogens is 3. The molecule has 1 aliphatic rings.